The fourth-order valence-electron chi connectivity index (χ4n) is 3.12. The van der Waals surface area contributed by atoms with E-state index < -0.39 is 54.3 Å². The van der Waals surface area contributed by atoms with Crippen LogP contribution in [0.1, 0.15) is 31.4 Å². The number of carboxylic acid groups (broad SMARTS) is 1. The number of nitrogens with zero attached hydrogens (tertiary/aromatic N) is 1. The molecule has 170 valence electrons. The Morgan fingerprint density at radius 1 is 1.09 bits per heavy atom. The number of ketones is 1. The molecule has 0 fully saturated rings. The highest BCUT2D eigenvalue weighted by molar-refractivity contribution is 5.94. The Morgan fingerprint density at radius 3 is 2.38 bits per heavy atom. The molecule has 10 heteroatoms. The highest BCUT2D eigenvalue weighted by Crippen LogP contribution is 2.12. The third-order valence-electron chi connectivity index (χ3n) is 4.70. The molecule has 3 N–H and O–H groups in total. The van der Waals surface area contributed by atoms with Crippen LogP contribution < -0.4 is 16.2 Å². The van der Waals surface area contributed by atoms with Gasteiger partial charge in [0.1, 0.15) is 24.4 Å². The van der Waals surface area contributed by atoms with Gasteiger partial charge < -0.3 is 20.3 Å². The van der Waals surface area contributed by atoms with E-state index in [0.29, 0.717) is 0 Å². The summed E-state index contributed by atoms with van der Waals surface area (Å²) >= 11 is 0. The van der Waals surface area contributed by atoms with Gasteiger partial charge in [-0.3, -0.25) is 24.0 Å². The number of anilines is 1. The van der Waals surface area contributed by atoms with Crippen LogP contribution in [0.15, 0.2) is 53.5 Å². The SMILES string of the molecule is CC[C@@H](C(=O)NC(CC(=O)O)C(=O)CF)n1cccc(NC(=O)Cc2ccccc2)c1=O. The lowest BCUT2D eigenvalue weighted by Crippen LogP contribution is -2.47. The molecule has 0 aliphatic carbocycles. The van der Waals surface area contributed by atoms with Gasteiger partial charge in [-0.15, -0.1) is 0 Å². The molecular formula is C22H24FN3O6. The molecule has 1 heterocycles. The van der Waals surface area contributed by atoms with Crippen molar-refractivity contribution in [1.29, 1.82) is 0 Å². The molecule has 0 saturated carbocycles. The largest absolute Gasteiger partial charge is 0.481 e. The molecule has 1 aromatic heterocycles. The second kappa shape index (κ2) is 11.5. The van der Waals surface area contributed by atoms with Crippen molar-refractivity contribution in [2.24, 2.45) is 0 Å². The topological polar surface area (TPSA) is 135 Å². The van der Waals surface area contributed by atoms with Gasteiger partial charge in [0.25, 0.3) is 5.56 Å². The smallest absolute Gasteiger partial charge is 0.305 e. The van der Waals surface area contributed by atoms with E-state index in [0.717, 1.165) is 10.1 Å². The number of carbonyl (C=O) groups is 4. The zero-order valence-electron chi connectivity index (χ0n) is 17.4. The van der Waals surface area contributed by atoms with Crippen LogP contribution in [0.4, 0.5) is 10.1 Å². The molecule has 2 aromatic rings. The lowest BCUT2D eigenvalue weighted by Gasteiger charge is -2.22. The number of halogens is 1. The number of hydrogen-bond donors (Lipinski definition) is 3. The molecule has 32 heavy (non-hydrogen) atoms. The predicted molar refractivity (Wildman–Crippen MR) is 114 cm³/mol. The van der Waals surface area contributed by atoms with Gasteiger partial charge >= 0.3 is 5.97 Å². The average molecular weight is 445 g/mol. The van der Waals surface area contributed by atoms with Crippen LogP contribution in [0.3, 0.4) is 0 Å². The quantitative estimate of drug-likeness (QED) is 0.480. The molecule has 2 rings (SSSR count). The maximum absolute atomic E-state index is 12.9. The van der Waals surface area contributed by atoms with Crippen LogP contribution in [0, 0.1) is 0 Å². The number of amides is 2. The molecular weight excluding hydrogens is 421 g/mol. The van der Waals surface area contributed by atoms with Gasteiger partial charge in [-0.1, -0.05) is 37.3 Å². The Kier molecular flexibility index (Phi) is 8.82. The monoisotopic (exact) mass is 445 g/mol. The highest BCUT2D eigenvalue weighted by Gasteiger charge is 2.28. The van der Waals surface area contributed by atoms with E-state index in [9.17, 15) is 28.4 Å². The van der Waals surface area contributed by atoms with Crippen LogP contribution in [-0.2, 0) is 25.6 Å². The number of Topliss-reactive ketones (excluding diaryl/α,β-unsaturated/α-hetero) is 1. The van der Waals surface area contributed by atoms with Crippen molar-refractivity contribution in [3.63, 3.8) is 0 Å². The minimum absolute atomic E-state index is 0.0402. The first kappa shape index (κ1) is 24.4. The van der Waals surface area contributed by atoms with Crippen LogP contribution in [0.2, 0.25) is 0 Å². The standard InChI is InChI=1S/C22H24FN3O6/c1-2-17(21(31)25-16(12-20(29)30)18(27)13-23)26-10-6-9-15(22(26)32)24-19(28)11-14-7-4-3-5-8-14/h3-10,16-17H,2,11-13H2,1H3,(H,24,28)(H,25,31)(H,29,30)/t16?,17-/m0/s1. The Bertz CT molecular complexity index is 1040. The number of carbonyl (C=O) groups excluding carboxylic acids is 3. The summed E-state index contributed by atoms with van der Waals surface area (Å²) in [4.78, 5) is 60.4. The van der Waals surface area contributed by atoms with Crippen LogP contribution in [0.25, 0.3) is 0 Å². The van der Waals surface area contributed by atoms with Crippen molar-refractivity contribution in [2.45, 2.75) is 38.3 Å². The summed E-state index contributed by atoms with van der Waals surface area (Å²) in [5.41, 5.74) is 0.0678. The Hall–Kier alpha value is -3.82. The van der Waals surface area contributed by atoms with Gasteiger partial charge in [-0.25, -0.2) is 4.39 Å². The molecule has 0 radical (unpaired) electrons. The van der Waals surface area contributed by atoms with Crippen molar-refractivity contribution in [3.8, 4) is 0 Å². The molecule has 1 aromatic carbocycles. The van der Waals surface area contributed by atoms with E-state index in [1.165, 1.54) is 18.3 Å². The minimum atomic E-state index is -1.55. The number of aliphatic carboxylic acids is 1. The van der Waals surface area contributed by atoms with Crippen molar-refractivity contribution < 1.29 is 28.7 Å². The number of pyridine rings is 1. The fourth-order valence-corrected chi connectivity index (χ4v) is 3.12. The zero-order valence-corrected chi connectivity index (χ0v) is 17.4. The molecule has 0 saturated heterocycles. The van der Waals surface area contributed by atoms with E-state index in [1.807, 2.05) is 6.07 Å². The molecule has 0 aliphatic rings. The van der Waals surface area contributed by atoms with E-state index in [1.54, 1.807) is 31.2 Å². The molecule has 0 bridgehead atoms. The molecule has 2 amide bonds. The minimum Gasteiger partial charge on any atom is -0.481 e. The summed E-state index contributed by atoms with van der Waals surface area (Å²) in [6.07, 6.45) is 0.730. The first-order valence-electron chi connectivity index (χ1n) is 9.92. The number of hydrogen-bond acceptors (Lipinski definition) is 5. The van der Waals surface area contributed by atoms with Gasteiger partial charge in [0, 0.05) is 6.20 Å². The molecule has 2 atom stereocenters. The summed E-state index contributed by atoms with van der Waals surface area (Å²) in [5.74, 6) is -3.69. The van der Waals surface area contributed by atoms with Gasteiger partial charge in [0.15, 0.2) is 5.78 Å². The van der Waals surface area contributed by atoms with Crippen LogP contribution in [0.5, 0.6) is 0 Å². The van der Waals surface area contributed by atoms with E-state index in [4.69, 9.17) is 5.11 Å². The first-order valence-corrected chi connectivity index (χ1v) is 9.92. The van der Waals surface area contributed by atoms with E-state index >= 15 is 0 Å². The maximum atomic E-state index is 12.9. The van der Waals surface area contributed by atoms with Gasteiger partial charge in [-0.2, -0.15) is 0 Å². The number of rotatable bonds is 11. The van der Waals surface area contributed by atoms with Gasteiger partial charge in [0.05, 0.1) is 12.8 Å². The lowest BCUT2D eigenvalue weighted by atomic mass is 10.1. The van der Waals surface area contributed by atoms with Crippen molar-refractivity contribution >= 4 is 29.3 Å². The summed E-state index contributed by atoms with van der Waals surface area (Å²) in [7, 11) is 0. The summed E-state index contributed by atoms with van der Waals surface area (Å²) in [6, 6.07) is 9.14. The van der Waals surface area contributed by atoms with E-state index in [-0.39, 0.29) is 18.5 Å². The number of benzene rings is 1. The Labute approximate surface area is 183 Å². The molecule has 1 unspecified atom stereocenters. The molecule has 0 spiro atoms. The average Bonchev–Trinajstić information content (AvgIpc) is 2.76. The maximum Gasteiger partial charge on any atom is 0.305 e. The fraction of sp³-hybridized carbons (Fsp3) is 0.318. The third kappa shape index (κ3) is 6.59. The van der Waals surface area contributed by atoms with Crippen LogP contribution >= 0.6 is 0 Å². The second-order valence-corrected chi connectivity index (χ2v) is 7.03. The number of carboxylic acids is 1. The number of aromatic nitrogens is 1. The first-order chi connectivity index (χ1) is 15.3. The Morgan fingerprint density at radius 2 is 1.78 bits per heavy atom. The predicted octanol–water partition coefficient (Wildman–Crippen LogP) is 1.48. The Balaban J connectivity index is 2.20. The lowest BCUT2D eigenvalue weighted by molar-refractivity contribution is -0.140. The zero-order chi connectivity index (χ0) is 23.7. The third-order valence-corrected chi connectivity index (χ3v) is 4.70. The normalized spacial score (nSPS) is 12.4. The van der Waals surface area contributed by atoms with Crippen molar-refractivity contribution in [2.75, 3.05) is 12.0 Å². The highest BCUT2D eigenvalue weighted by atomic mass is 19.1. The summed E-state index contributed by atoms with van der Waals surface area (Å²) < 4.78 is 13.8. The van der Waals surface area contributed by atoms with E-state index in [2.05, 4.69) is 10.6 Å². The summed E-state index contributed by atoms with van der Waals surface area (Å²) in [5, 5.41) is 13.6. The van der Waals surface area contributed by atoms with Gasteiger partial charge in [-0.05, 0) is 24.1 Å². The molecule has 9 nitrogen and oxygen atoms in total. The van der Waals surface area contributed by atoms with Crippen LogP contribution in [-0.4, -0.2) is 46.0 Å². The molecule has 0 aliphatic heterocycles. The van der Waals surface area contributed by atoms with Crippen molar-refractivity contribution in [3.05, 3.63) is 64.6 Å². The number of alkyl halides is 1. The van der Waals surface area contributed by atoms with Gasteiger partial charge in [0.2, 0.25) is 11.8 Å². The summed E-state index contributed by atoms with van der Waals surface area (Å²) in [6.45, 7) is 0.179. The number of nitrogens with one attached hydrogen (secondary N) is 2. The second-order valence-electron chi connectivity index (χ2n) is 7.03. The van der Waals surface area contributed by atoms with Crippen molar-refractivity contribution in [1.82, 2.24) is 9.88 Å².